The molecule has 1 fully saturated rings. The summed E-state index contributed by atoms with van der Waals surface area (Å²) in [5.74, 6) is 1.84. The maximum Gasteiger partial charge on any atom is 0.246 e. The van der Waals surface area contributed by atoms with E-state index in [2.05, 4.69) is 29.6 Å². The molecule has 2 aromatic rings. The standard InChI is InChI=1S/C28H37N3O3/c1-33-25-16-15-22(19-26(25)34-2)27-23-13-7-8-14-24(23)28(32)31(30-27)18-10-4-9-17-29-20-21-11-5-3-6-12-21/h3,5-6,11-12,15-16,19,23-24,29H,4,7-10,13-14,17-18,20H2,1-2H3. The van der Waals surface area contributed by atoms with Gasteiger partial charge in [0, 0.05) is 30.5 Å². The fraction of sp³-hybridized carbons (Fsp3) is 0.500. The molecule has 6 nitrogen and oxygen atoms in total. The number of ether oxygens (including phenoxy) is 2. The van der Waals surface area contributed by atoms with Gasteiger partial charge in [0.1, 0.15) is 0 Å². The number of nitrogens with one attached hydrogen (secondary N) is 1. The minimum absolute atomic E-state index is 0.0434. The molecule has 2 unspecified atom stereocenters. The van der Waals surface area contributed by atoms with Gasteiger partial charge in [-0.3, -0.25) is 4.79 Å². The van der Waals surface area contributed by atoms with Gasteiger partial charge in [-0.25, -0.2) is 5.01 Å². The van der Waals surface area contributed by atoms with Crippen LogP contribution in [-0.2, 0) is 11.3 Å². The van der Waals surface area contributed by atoms with Gasteiger partial charge in [0.05, 0.1) is 19.9 Å². The fourth-order valence-corrected chi connectivity index (χ4v) is 5.14. The molecule has 4 rings (SSSR count). The Hall–Kier alpha value is -2.86. The predicted octanol–water partition coefficient (Wildman–Crippen LogP) is 5.02. The van der Waals surface area contributed by atoms with Crippen LogP contribution in [0.25, 0.3) is 0 Å². The number of methoxy groups -OCH3 is 2. The van der Waals surface area contributed by atoms with E-state index in [-0.39, 0.29) is 17.7 Å². The number of fused-ring (bicyclic) bond motifs is 1. The van der Waals surface area contributed by atoms with Crippen LogP contribution >= 0.6 is 0 Å². The van der Waals surface area contributed by atoms with Gasteiger partial charge in [-0.15, -0.1) is 0 Å². The molecule has 0 spiro atoms. The molecule has 182 valence electrons. The van der Waals surface area contributed by atoms with E-state index in [1.807, 2.05) is 24.3 Å². The van der Waals surface area contributed by atoms with Crippen LogP contribution in [0.15, 0.2) is 53.6 Å². The van der Waals surface area contributed by atoms with Gasteiger partial charge >= 0.3 is 0 Å². The Bertz CT molecular complexity index is 976. The molecular formula is C28H37N3O3. The van der Waals surface area contributed by atoms with E-state index in [9.17, 15) is 4.79 Å². The number of unbranched alkanes of at least 4 members (excludes halogenated alkanes) is 2. The van der Waals surface area contributed by atoms with Crippen LogP contribution in [0.2, 0.25) is 0 Å². The Morgan fingerprint density at radius 3 is 2.47 bits per heavy atom. The third-order valence-electron chi connectivity index (χ3n) is 6.99. The van der Waals surface area contributed by atoms with Gasteiger partial charge in [-0.1, -0.05) is 49.6 Å². The average Bonchev–Trinajstić information content (AvgIpc) is 2.89. The first-order valence-electron chi connectivity index (χ1n) is 12.6. The maximum atomic E-state index is 13.2. The highest BCUT2D eigenvalue weighted by atomic mass is 16.5. The summed E-state index contributed by atoms with van der Waals surface area (Å²) in [7, 11) is 3.29. The van der Waals surface area contributed by atoms with Crippen molar-refractivity contribution in [2.45, 2.75) is 51.5 Å². The quantitative estimate of drug-likeness (QED) is 0.476. The summed E-state index contributed by atoms with van der Waals surface area (Å²) in [4.78, 5) is 13.2. The van der Waals surface area contributed by atoms with Crippen LogP contribution in [0.4, 0.5) is 0 Å². The number of hydrogen-bond donors (Lipinski definition) is 1. The Kier molecular flexibility index (Phi) is 8.58. The van der Waals surface area contributed by atoms with Crippen molar-refractivity contribution < 1.29 is 14.3 Å². The smallest absolute Gasteiger partial charge is 0.246 e. The monoisotopic (exact) mass is 463 g/mol. The number of hydrogen-bond acceptors (Lipinski definition) is 5. The van der Waals surface area contributed by atoms with Gasteiger partial charge in [-0.2, -0.15) is 5.10 Å². The van der Waals surface area contributed by atoms with E-state index in [1.165, 1.54) is 5.56 Å². The topological polar surface area (TPSA) is 63.2 Å². The first-order valence-corrected chi connectivity index (χ1v) is 12.6. The molecule has 2 atom stereocenters. The van der Waals surface area contributed by atoms with Crippen molar-refractivity contribution in [2.24, 2.45) is 16.9 Å². The average molecular weight is 464 g/mol. The van der Waals surface area contributed by atoms with E-state index in [1.54, 1.807) is 19.2 Å². The lowest BCUT2D eigenvalue weighted by Gasteiger charge is -2.38. The summed E-state index contributed by atoms with van der Waals surface area (Å²) >= 11 is 0. The summed E-state index contributed by atoms with van der Waals surface area (Å²) in [6.45, 7) is 2.55. The third-order valence-corrected chi connectivity index (χ3v) is 6.99. The molecule has 1 saturated carbocycles. The molecule has 0 aromatic heterocycles. The minimum Gasteiger partial charge on any atom is -0.493 e. The molecule has 1 aliphatic heterocycles. The summed E-state index contributed by atoms with van der Waals surface area (Å²) in [6.07, 6.45) is 7.36. The number of benzene rings is 2. The van der Waals surface area contributed by atoms with Gasteiger partial charge in [0.2, 0.25) is 5.91 Å². The van der Waals surface area contributed by atoms with E-state index in [0.717, 1.165) is 69.3 Å². The SMILES string of the molecule is COc1ccc(C2=NN(CCCCCNCc3ccccc3)C(=O)C3CCCCC23)cc1OC. The van der Waals surface area contributed by atoms with Crippen molar-refractivity contribution >= 4 is 11.6 Å². The van der Waals surface area contributed by atoms with Crippen LogP contribution in [-0.4, -0.2) is 43.9 Å². The predicted molar refractivity (Wildman–Crippen MR) is 135 cm³/mol. The largest absolute Gasteiger partial charge is 0.493 e. The van der Waals surface area contributed by atoms with E-state index in [0.29, 0.717) is 18.0 Å². The zero-order valence-corrected chi connectivity index (χ0v) is 20.5. The molecule has 1 N–H and O–H groups in total. The lowest BCUT2D eigenvalue weighted by Crippen LogP contribution is -2.46. The fourth-order valence-electron chi connectivity index (χ4n) is 5.14. The first kappa shape index (κ1) is 24.3. The number of rotatable bonds is 11. The molecule has 1 amide bonds. The van der Waals surface area contributed by atoms with Crippen LogP contribution < -0.4 is 14.8 Å². The molecule has 1 heterocycles. The highest BCUT2D eigenvalue weighted by molar-refractivity contribution is 6.07. The summed E-state index contributed by atoms with van der Waals surface area (Å²) < 4.78 is 10.9. The molecule has 2 aromatic carbocycles. The molecule has 0 bridgehead atoms. The second-order valence-corrected chi connectivity index (χ2v) is 9.24. The van der Waals surface area contributed by atoms with Crippen molar-refractivity contribution in [1.82, 2.24) is 10.3 Å². The van der Waals surface area contributed by atoms with E-state index in [4.69, 9.17) is 14.6 Å². The highest BCUT2D eigenvalue weighted by Crippen LogP contribution is 2.39. The van der Waals surface area contributed by atoms with Crippen molar-refractivity contribution in [1.29, 1.82) is 0 Å². The number of carbonyl (C=O) groups is 1. The lowest BCUT2D eigenvalue weighted by molar-refractivity contribution is -0.139. The number of hydrazone groups is 1. The van der Waals surface area contributed by atoms with Crippen molar-refractivity contribution in [3.8, 4) is 11.5 Å². The van der Waals surface area contributed by atoms with Crippen molar-refractivity contribution in [3.05, 3.63) is 59.7 Å². The molecular weight excluding hydrogens is 426 g/mol. The number of carbonyl (C=O) groups excluding carboxylic acids is 1. The molecule has 1 aliphatic carbocycles. The van der Waals surface area contributed by atoms with Crippen LogP contribution in [0.5, 0.6) is 11.5 Å². The molecule has 0 saturated heterocycles. The number of amides is 1. The highest BCUT2D eigenvalue weighted by Gasteiger charge is 2.41. The van der Waals surface area contributed by atoms with Crippen LogP contribution in [0, 0.1) is 11.8 Å². The summed E-state index contributed by atoms with van der Waals surface area (Å²) in [5, 5.41) is 10.2. The second kappa shape index (κ2) is 12.0. The number of nitrogens with zero attached hydrogens (tertiary/aromatic N) is 2. The Balaban J connectivity index is 1.36. The molecule has 6 heteroatoms. The Labute approximate surface area is 203 Å². The second-order valence-electron chi connectivity index (χ2n) is 9.24. The lowest BCUT2D eigenvalue weighted by atomic mass is 9.73. The van der Waals surface area contributed by atoms with E-state index >= 15 is 0 Å². The maximum absolute atomic E-state index is 13.2. The summed E-state index contributed by atoms with van der Waals surface area (Å²) in [5.41, 5.74) is 3.35. The minimum atomic E-state index is 0.0434. The Morgan fingerprint density at radius 2 is 1.71 bits per heavy atom. The van der Waals surface area contributed by atoms with E-state index < -0.39 is 0 Å². The zero-order chi connectivity index (χ0) is 23.8. The van der Waals surface area contributed by atoms with Gasteiger partial charge in [0.15, 0.2) is 11.5 Å². The first-order chi connectivity index (χ1) is 16.7. The summed E-state index contributed by atoms with van der Waals surface area (Å²) in [6, 6.07) is 16.4. The zero-order valence-electron chi connectivity index (χ0n) is 20.5. The molecule has 34 heavy (non-hydrogen) atoms. The van der Waals surface area contributed by atoms with Crippen molar-refractivity contribution in [2.75, 3.05) is 27.3 Å². The van der Waals surface area contributed by atoms with Gasteiger partial charge in [0.25, 0.3) is 0 Å². The Morgan fingerprint density at radius 1 is 0.941 bits per heavy atom. The van der Waals surface area contributed by atoms with Gasteiger partial charge in [-0.05, 0) is 56.0 Å². The molecule has 0 radical (unpaired) electrons. The van der Waals surface area contributed by atoms with Crippen LogP contribution in [0.1, 0.15) is 56.1 Å². The molecule has 2 aliphatic rings. The van der Waals surface area contributed by atoms with Crippen molar-refractivity contribution in [3.63, 3.8) is 0 Å². The van der Waals surface area contributed by atoms with Crippen LogP contribution in [0.3, 0.4) is 0 Å². The van der Waals surface area contributed by atoms with Gasteiger partial charge < -0.3 is 14.8 Å². The normalized spacial score (nSPS) is 20.0. The third kappa shape index (κ3) is 5.79.